The van der Waals surface area contributed by atoms with Crippen molar-refractivity contribution in [3.8, 4) is 0 Å². The van der Waals surface area contributed by atoms with Crippen LogP contribution in [0.5, 0.6) is 0 Å². The minimum absolute atomic E-state index is 0.118. The molecule has 0 aromatic heterocycles. The number of hydrogen-bond donors (Lipinski definition) is 0. The molecule has 0 aromatic carbocycles. The van der Waals surface area contributed by atoms with Gasteiger partial charge in [-0.1, -0.05) is 27.7 Å². The van der Waals surface area contributed by atoms with Gasteiger partial charge in [-0.25, -0.2) is 0 Å². The Morgan fingerprint density at radius 1 is 1.33 bits per heavy atom. The molecule has 0 unspecified atom stereocenters. The SMILES string of the molecule is CCCN(CC1CC1)C(=O)CC(C)(C)C. The van der Waals surface area contributed by atoms with E-state index in [1.165, 1.54) is 12.8 Å². The van der Waals surface area contributed by atoms with Crippen LogP contribution in [0.1, 0.15) is 53.4 Å². The second kappa shape index (κ2) is 5.00. The predicted octanol–water partition coefficient (Wildman–Crippen LogP) is 3.07. The minimum Gasteiger partial charge on any atom is -0.342 e. The summed E-state index contributed by atoms with van der Waals surface area (Å²) in [6.45, 7) is 10.5. The maximum atomic E-state index is 12.0. The van der Waals surface area contributed by atoms with Crippen LogP contribution in [0.15, 0.2) is 0 Å². The normalized spacial score (nSPS) is 16.5. The Morgan fingerprint density at radius 2 is 1.93 bits per heavy atom. The van der Waals surface area contributed by atoms with Gasteiger partial charge in [0.1, 0.15) is 0 Å². The van der Waals surface area contributed by atoms with Gasteiger partial charge in [-0.3, -0.25) is 4.79 Å². The molecular weight excluding hydrogens is 186 g/mol. The van der Waals surface area contributed by atoms with Crippen LogP contribution in [0, 0.1) is 11.3 Å². The van der Waals surface area contributed by atoms with E-state index in [4.69, 9.17) is 0 Å². The van der Waals surface area contributed by atoms with E-state index >= 15 is 0 Å². The van der Waals surface area contributed by atoms with Gasteiger partial charge in [0.2, 0.25) is 5.91 Å². The van der Waals surface area contributed by atoms with Crippen LogP contribution in [-0.4, -0.2) is 23.9 Å². The summed E-state index contributed by atoms with van der Waals surface area (Å²) in [5.74, 6) is 1.15. The van der Waals surface area contributed by atoms with Crippen molar-refractivity contribution in [2.75, 3.05) is 13.1 Å². The quantitative estimate of drug-likeness (QED) is 0.684. The van der Waals surface area contributed by atoms with Gasteiger partial charge in [0.15, 0.2) is 0 Å². The molecule has 0 N–H and O–H groups in total. The van der Waals surface area contributed by atoms with E-state index in [0.717, 1.165) is 25.4 Å². The van der Waals surface area contributed by atoms with E-state index < -0.39 is 0 Å². The van der Waals surface area contributed by atoms with Gasteiger partial charge >= 0.3 is 0 Å². The van der Waals surface area contributed by atoms with Crippen LogP contribution in [-0.2, 0) is 4.79 Å². The van der Waals surface area contributed by atoms with Gasteiger partial charge in [0.25, 0.3) is 0 Å². The summed E-state index contributed by atoms with van der Waals surface area (Å²) < 4.78 is 0. The molecule has 0 bridgehead atoms. The number of rotatable bonds is 5. The standard InChI is InChI=1S/C13H25NO/c1-5-8-14(10-11-6-7-11)12(15)9-13(2,3)4/h11H,5-10H2,1-4H3. The summed E-state index contributed by atoms with van der Waals surface area (Å²) in [6.07, 6.45) is 4.40. The van der Waals surface area contributed by atoms with Gasteiger partial charge in [-0.15, -0.1) is 0 Å². The fourth-order valence-electron chi connectivity index (χ4n) is 1.77. The first-order chi connectivity index (χ1) is 6.92. The Balaban J connectivity index is 2.42. The van der Waals surface area contributed by atoms with Crippen molar-refractivity contribution in [3.63, 3.8) is 0 Å². The summed E-state index contributed by atoms with van der Waals surface area (Å²) in [4.78, 5) is 14.1. The van der Waals surface area contributed by atoms with Crippen LogP contribution < -0.4 is 0 Å². The van der Waals surface area contributed by atoms with Crippen LogP contribution in [0.3, 0.4) is 0 Å². The number of hydrogen-bond acceptors (Lipinski definition) is 1. The van der Waals surface area contributed by atoms with Gasteiger partial charge in [-0.2, -0.15) is 0 Å². The number of carbonyl (C=O) groups excluding carboxylic acids is 1. The zero-order valence-corrected chi connectivity index (χ0v) is 10.7. The first kappa shape index (κ1) is 12.5. The highest BCUT2D eigenvalue weighted by Crippen LogP contribution is 2.30. The van der Waals surface area contributed by atoms with Crippen molar-refractivity contribution in [1.82, 2.24) is 4.90 Å². The minimum atomic E-state index is 0.118. The maximum absolute atomic E-state index is 12.0. The molecule has 0 aromatic rings. The monoisotopic (exact) mass is 211 g/mol. The molecule has 88 valence electrons. The zero-order chi connectivity index (χ0) is 11.5. The smallest absolute Gasteiger partial charge is 0.223 e. The molecule has 0 saturated heterocycles. The molecule has 0 radical (unpaired) electrons. The van der Waals surface area contributed by atoms with Crippen molar-refractivity contribution in [2.45, 2.75) is 53.4 Å². The number of amides is 1. The third-order valence-electron chi connectivity index (χ3n) is 2.70. The molecule has 15 heavy (non-hydrogen) atoms. The lowest BCUT2D eigenvalue weighted by atomic mass is 9.91. The van der Waals surface area contributed by atoms with Crippen LogP contribution in [0.4, 0.5) is 0 Å². The lowest BCUT2D eigenvalue weighted by molar-refractivity contribution is -0.133. The van der Waals surface area contributed by atoms with Gasteiger partial charge in [0, 0.05) is 19.5 Å². The van der Waals surface area contributed by atoms with E-state index in [9.17, 15) is 4.79 Å². The van der Waals surface area contributed by atoms with Crippen LogP contribution in [0.2, 0.25) is 0 Å². The zero-order valence-electron chi connectivity index (χ0n) is 10.7. The van der Waals surface area contributed by atoms with Crippen LogP contribution in [0.25, 0.3) is 0 Å². The maximum Gasteiger partial charge on any atom is 0.223 e. The second-order valence-corrected chi connectivity index (χ2v) is 6.02. The molecule has 1 aliphatic carbocycles. The third-order valence-corrected chi connectivity index (χ3v) is 2.70. The van der Waals surface area contributed by atoms with Gasteiger partial charge < -0.3 is 4.90 Å². The molecular formula is C13H25NO. The molecule has 0 spiro atoms. The van der Waals surface area contributed by atoms with Crippen molar-refractivity contribution in [2.24, 2.45) is 11.3 Å². The Hall–Kier alpha value is -0.530. The predicted molar refractivity (Wildman–Crippen MR) is 63.7 cm³/mol. The second-order valence-electron chi connectivity index (χ2n) is 6.02. The molecule has 2 nitrogen and oxygen atoms in total. The van der Waals surface area contributed by atoms with Crippen molar-refractivity contribution < 1.29 is 4.79 Å². The van der Waals surface area contributed by atoms with E-state index in [2.05, 4.69) is 32.6 Å². The summed E-state index contributed by atoms with van der Waals surface area (Å²) in [5.41, 5.74) is 0.118. The summed E-state index contributed by atoms with van der Waals surface area (Å²) >= 11 is 0. The first-order valence-corrected chi connectivity index (χ1v) is 6.20. The van der Waals surface area contributed by atoms with Gasteiger partial charge in [0.05, 0.1) is 0 Å². The summed E-state index contributed by atoms with van der Waals surface area (Å²) in [7, 11) is 0. The van der Waals surface area contributed by atoms with Gasteiger partial charge in [-0.05, 0) is 30.6 Å². The molecule has 2 heteroatoms. The Bertz CT molecular complexity index is 213. The molecule has 0 atom stereocenters. The number of nitrogens with zero attached hydrogens (tertiary/aromatic N) is 1. The Kier molecular flexibility index (Phi) is 4.18. The molecule has 0 aliphatic heterocycles. The van der Waals surface area contributed by atoms with E-state index in [0.29, 0.717) is 12.3 Å². The molecule has 0 heterocycles. The highest BCUT2D eigenvalue weighted by Gasteiger charge is 2.27. The fraction of sp³-hybridized carbons (Fsp3) is 0.923. The summed E-state index contributed by atoms with van der Waals surface area (Å²) in [5, 5.41) is 0. The molecule has 1 aliphatic rings. The molecule has 1 saturated carbocycles. The highest BCUT2D eigenvalue weighted by molar-refractivity contribution is 5.76. The lowest BCUT2D eigenvalue weighted by Crippen LogP contribution is -2.35. The van der Waals surface area contributed by atoms with Crippen LogP contribution >= 0.6 is 0 Å². The highest BCUT2D eigenvalue weighted by atomic mass is 16.2. The topological polar surface area (TPSA) is 20.3 Å². The fourth-order valence-corrected chi connectivity index (χ4v) is 1.77. The summed E-state index contributed by atoms with van der Waals surface area (Å²) in [6, 6.07) is 0. The van der Waals surface area contributed by atoms with Crippen molar-refractivity contribution in [1.29, 1.82) is 0 Å². The Labute approximate surface area is 94.0 Å². The molecule has 1 amide bonds. The first-order valence-electron chi connectivity index (χ1n) is 6.20. The molecule has 1 rings (SSSR count). The Morgan fingerprint density at radius 3 is 2.33 bits per heavy atom. The third kappa shape index (κ3) is 5.19. The molecule has 1 fully saturated rings. The lowest BCUT2D eigenvalue weighted by Gasteiger charge is -2.26. The van der Waals surface area contributed by atoms with Crippen molar-refractivity contribution >= 4 is 5.91 Å². The average Bonchev–Trinajstić information content (AvgIpc) is 2.84. The van der Waals surface area contributed by atoms with E-state index in [-0.39, 0.29) is 5.41 Å². The largest absolute Gasteiger partial charge is 0.342 e. The van der Waals surface area contributed by atoms with E-state index in [1.54, 1.807) is 0 Å². The average molecular weight is 211 g/mol. The number of carbonyl (C=O) groups is 1. The van der Waals surface area contributed by atoms with Crippen molar-refractivity contribution in [3.05, 3.63) is 0 Å². The van der Waals surface area contributed by atoms with E-state index in [1.807, 2.05) is 0 Å².